The first-order valence-electron chi connectivity index (χ1n) is 8.94. The molecule has 0 N–H and O–H groups in total. The van der Waals surface area contributed by atoms with Gasteiger partial charge in [0.15, 0.2) is 0 Å². The normalized spacial score (nSPS) is 11.1. The first-order chi connectivity index (χ1) is 10.7. The van der Waals surface area contributed by atoms with Crippen LogP contribution >= 0.6 is 15.9 Å². The van der Waals surface area contributed by atoms with Crippen LogP contribution in [0, 0.1) is 9.86 Å². The van der Waals surface area contributed by atoms with Crippen LogP contribution < -0.4 is 0 Å². The van der Waals surface area contributed by atoms with Gasteiger partial charge in [0.1, 0.15) is 0 Å². The minimum atomic E-state index is -2.28. The van der Waals surface area contributed by atoms with Gasteiger partial charge in [0, 0.05) is 0 Å². The van der Waals surface area contributed by atoms with Crippen molar-refractivity contribution in [2.75, 3.05) is 0 Å². The van der Waals surface area contributed by atoms with Gasteiger partial charge in [-0.1, -0.05) is 0 Å². The van der Waals surface area contributed by atoms with E-state index in [1.54, 1.807) is 0 Å². The fourth-order valence-corrected chi connectivity index (χ4v) is 16.3. The maximum absolute atomic E-state index is 3.92. The zero-order valence-corrected chi connectivity index (χ0v) is 19.0. The Balaban J connectivity index is 2.96. The number of hydrogen-bond donors (Lipinski definition) is 0. The summed E-state index contributed by atoms with van der Waals surface area (Å²) in [5.74, 6) is 3.56. The summed E-state index contributed by atoms with van der Waals surface area (Å²) in [6, 6.07) is 8.50. The van der Waals surface area contributed by atoms with E-state index in [0.29, 0.717) is 0 Å². The third kappa shape index (κ3) is 7.55. The number of halogens is 1. The molecule has 0 aliphatic heterocycles. The van der Waals surface area contributed by atoms with Crippen LogP contribution in [0.25, 0.3) is 0 Å². The van der Waals surface area contributed by atoms with Gasteiger partial charge in [-0.05, 0) is 0 Å². The van der Waals surface area contributed by atoms with Crippen LogP contribution in [0.2, 0.25) is 13.3 Å². The topological polar surface area (TPSA) is 0 Å². The zero-order chi connectivity index (χ0) is 16.3. The molecule has 1 aromatic rings. The average molecular weight is 470 g/mol. The second kappa shape index (κ2) is 11.6. The van der Waals surface area contributed by atoms with Gasteiger partial charge in [-0.2, -0.15) is 0 Å². The Morgan fingerprint density at radius 1 is 0.818 bits per heavy atom. The third-order valence-electron chi connectivity index (χ3n) is 4.34. The summed E-state index contributed by atoms with van der Waals surface area (Å²) < 4.78 is 9.45. The number of benzene rings is 1. The molecule has 0 heterocycles. The zero-order valence-electron chi connectivity index (χ0n) is 14.6. The Labute approximate surface area is 150 Å². The van der Waals surface area contributed by atoms with Crippen molar-refractivity contribution in [3.05, 3.63) is 34.3 Å². The van der Waals surface area contributed by atoms with E-state index in [9.17, 15) is 0 Å². The van der Waals surface area contributed by atoms with Crippen LogP contribution in [0.15, 0.2) is 28.7 Å². The SMILES string of the molecule is CCC[CH2][Sn]([C]#Cc1ccc(Br)cc1)([CH2]CCC)[CH2]CCC. The summed E-state index contributed by atoms with van der Waals surface area (Å²) in [5, 5.41) is 0. The quantitative estimate of drug-likeness (QED) is 0.265. The van der Waals surface area contributed by atoms with Crippen LogP contribution in [-0.4, -0.2) is 18.4 Å². The molecule has 22 heavy (non-hydrogen) atoms. The molecule has 0 nitrogen and oxygen atoms in total. The van der Waals surface area contributed by atoms with E-state index in [0.717, 1.165) is 4.47 Å². The Morgan fingerprint density at radius 3 is 1.68 bits per heavy atom. The fourth-order valence-electron chi connectivity index (χ4n) is 2.85. The van der Waals surface area contributed by atoms with E-state index in [4.69, 9.17) is 0 Å². The van der Waals surface area contributed by atoms with E-state index in [1.807, 2.05) is 0 Å². The summed E-state index contributed by atoms with van der Waals surface area (Å²) in [6.07, 6.45) is 8.11. The summed E-state index contributed by atoms with van der Waals surface area (Å²) in [5.41, 5.74) is 1.19. The van der Waals surface area contributed by atoms with Crippen molar-refractivity contribution in [3.63, 3.8) is 0 Å². The first kappa shape index (κ1) is 20.1. The molecule has 1 rings (SSSR count). The van der Waals surface area contributed by atoms with Crippen molar-refractivity contribution in [1.29, 1.82) is 0 Å². The molecule has 0 radical (unpaired) electrons. The Bertz CT molecular complexity index is 445. The van der Waals surface area contributed by atoms with Gasteiger partial charge < -0.3 is 0 Å². The fraction of sp³-hybridized carbons (Fsp3) is 0.600. The van der Waals surface area contributed by atoms with E-state index < -0.39 is 18.4 Å². The summed E-state index contributed by atoms with van der Waals surface area (Å²) >= 11 is 1.23. The monoisotopic (exact) mass is 470 g/mol. The second-order valence-electron chi connectivity index (χ2n) is 6.35. The Hall–Kier alpha value is 0.0587. The molecule has 0 amide bonds. The summed E-state index contributed by atoms with van der Waals surface area (Å²) in [4.78, 5) is 0. The number of rotatable bonds is 9. The molecule has 0 spiro atoms. The van der Waals surface area contributed by atoms with Gasteiger partial charge in [0.2, 0.25) is 0 Å². The molecule has 0 aromatic heterocycles. The Kier molecular flexibility index (Phi) is 10.6. The van der Waals surface area contributed by atoms with Crippen molar-refractivity contribution >= 4 is 34.3 Å². The molecule has 1 aromatic carbocycles. The Morgan fingerprint density at radius 2 is 1.27 bits per heavy atom. The molecule has 0 atom stereocenters. The molecule has 2 heteroatoms. The number of hydrogen-bond acceptors (Lipinski definition) is 0. The molecule has 0 aliphatic rings. The molecule has 0 aliphatic carbocycles. The van der Waals surface area contributed by atoms with Crippen LogP contribution in [0.3, 0.4) is 0 Å². The molecular formula is C20H31BrSn. The van der Waals surface area contributed by atoms with Gasteiger partial charge >= 0.3 is 151 Å². The van der Waals surface area contributed by atoms with Gasteiger partial charge in [-0.3, -0.25) is 0 Å². The summed E-state index contributed by atoms with van der Waals surface area (Å²) in [7, 11) is 0. The van der Waals surface area contributed by atoms with Crippen molar-refractivity contribution < 1.29 is 0 Å². The van der Waals surface area contributed by atoms with Crippen LogP contribution in [0.1, 0.15) is 64.9 Å². The molecular weight excluding hydrogens is 439 g/mol. The maximum atomic E-state index is 3.92. The molecule has 0 saturated heterocycles. The number of unbranched alkanes of at least 4 members (excludes halogenated alkanes) is 3. The second-order valence-corrected chi connectivity index (χ2v) is 19.6. The third-order valence-corrected chi connectivity index (χ3v) is 18.0. The predicted molar refractivity (Wildman–Crippen MR) is 106 cm³/mol. The van der Waals surface area contributed by atoms with E-state index in [2.05, 4.69) is 70.8 Å². The summed E-state index contributed by atoms with van der Waals surface area (Å²) in [6.45, 7) is 6.95. The predicted octanol–water partition coefficient (Wildman–Crippen LogP) is 7.19. The molecule has 0 saturated carbocycles. The van der Waals surface area contributed by atoms with Crippen LogP contribution in [0.4, 0.5) is 0 Å². The van der Waals surface area contributed by atoms with Gasteiger partial charge in [-0.25, -0.2) is 0 Å². The molecule has 0 unspecified atom stereocenters. The molecule has 122 valence electrons. The molecule has 0 fully saturated rings. The van der Waals surface area contributed by atoms with Crippen LogP contribution in [0.5, 0.6) is 0 Å². The van der Waals surface area contributed by atoms with Gasteiger partial charge in [0.05, 0.1) is 0 Å². The standard InChI is InChI=1S/C8H4Br.3C4H9.Sn/c1-2-7-3-5-8(9)6-4-7;3*1-3-4-2;/h3-6H;3*1,3-4H2,2H3;. The van der Waals surface area contributed by atoms with Gasteiger partial charge in [-0.15, -0.1) is 0 Å². The molecule has 0 bridgehead atoms. The van der Waals surface area contributed by atoms with Crippen molar-refractivity contribution in [3.8, 4) is 9.86 Å². The van der Waals surface area contributed by atoms with Crippen molar-refractivity contribution in [2.24, 2.45) is 0 Å². The van der Waals surface area contributed by atoms with E-state index in [-0.39, 0.29) is 0 Å². The average Bonchev–Trinajstić information content (AvgIpc) is 2.55. The van der Waals surface area contributed by atoms with Crippen LogP contribution in [-0.2, 0) is 0 Å². The van der Waals surface area contributed by atoms with Crippen molar-refractivity contribution in [2.45, 2.75) is 72.6 Å². The minimum absolute atomic E-state index is 1.13. The van der Waals surface area contributed by atoms with Crippen molar-refractivity contribution in [1.82, 2.24) is 0 Å². The van der Waals surface area contributed by atoms with Gasteiger partial charge in [0.25, 0.3) is 0 Å². The first-order valence-corrected chi connectivity index (χ1v) is 17.2. The van der Waals surface area contributed by atoms with E-state index >= 15 is 0 Å². The van der Waals surface area contributed by atoms with E-state index in [1.165, 1.54) is 57.4 Å².